The SMILES string of the molecule is C[Si](C)(C)C/C=C\c1c(O)ccc2cc(Br)ccc12. The summed E-state index contributed by atoms with van der Waals surface area (Å²) in [6.07, 6.45) is 4.26. The zero-order valence-electron chi connectivity index (χ0n) is 11.6. The number of aromatic hydroxyl groups is 1. The summed E-state index contributed by atoms with van der Waals surface area (Å²) >= 11 is 3.48. The molecule has 1 nitrogen and oxygen atoms in total. The molecule has 0 saturated carbocycles. The summed E-state index contributed by atoms with van der Waals surface area (Å²) in [5, 5.41) is 12.3. The lowest BCUT2D eigenvalue weighted by Crippen LogP contribution is -2.17. The van der Waals surface area contributed by atoms with Gasteiger partial charge < -0.3 is 5.11 Å². The molecule has 0 aliphatic rings. The van der Waals surface area contributed by atoms with Crippen molar-refractivity contribution >= 4 is 40.9 Å². The lowest BCUT2D eigenvalue weighted by atomic mass is 10.0. The third-order valence-corrected chi connectivity index (χ3v) is 4.97. The van der Waals surface area contributed by atoms with E-state index >= 15 is 0 Å². The van der Waals surface area contributed by atoms with Gasteiger partial charge in [-0.1, -0.05) is 59.9 Å². The first-order valence-electron chi connectivity index (χ1n) is 6.45. The van der Waals surface area contributed by atoms with Crippen LogP contribution in [0.2, 0.25) is 25.7 Å². The summed E-state index contributed by atoms with van der Waals surface area (Å²) < 4.78 is 1.06. The molecule has 0 heterocycles. The largest absolute Gasteiger partial charge is 0.507 e. The molecular weight excluding hydrogens is 316 g/mol. The molecule has 100 valence electrons. The van der Waals surface area contributed by atoms with Crippen molar-refractivity contribution in [2.24, 2.45) is 0 Å². The highest BCUT2D eigenvalue weighted by molar-refractivity contribution is 9.10. The molecule has 0 aromatic heterocycles. The van der Waals surface area contributed by atoms with Crippen molar-refractivity contribution in [2.45, 2.75) is 25.7 Å². The van der Waals surface area contributed by atoms with Gasteiger partial charge in [-0.15, -0.1) is 0 Å². The Morgan fingerprint density at radius 1 is 1.16 bits per heavy atom. The molecular formula is C16H19BrOSi. The highest BCUT2D eigenvalue weighted by Crippen LogP contribution is 2.30. The Morgan fingerprint density at radius 3 is 2.58 bits per heavy atom. The van der Waals surface area contributed by atoms with Crippen LogP contribution in [0.3, 0.4) is 0 Å². The van der Waals surface area contributed by atoms with Gasteiger partial charge in [-0.05, 0) is 35.0 Å². The van der Waals surface area contributed by atoms with Crippen LogP contribution in [0.15, 0.2) is 40.9 Å². The average Bonchev–Trinajstić information content (AvgIpc) is 2.30. The molecule has 2 aromatic rings. The summed E-state index contributed by atoms with van der Waals surface area (Å²) in [6, 6.07) is 11.0. The average molecular weight is 335 g/mol. The lowest BCUT2D eigenvalue weighted by Gasteiger charge is -2.12. The number of phenolic OH excluding ortho intramolecular Hbond substituents is 1. The molecule has 0 atom stereocenters. The number of phenols is 1. The molecule has 0 saturated heterocycles. The van der Waals surface area contributed by atoms with Crippen LogP contribution in [0, 0.1) is 0 Å². The quantitative estimate of drug-likeness (QED) is 0.718. The van der Waals surface area contributed by atoms with E-state index in [0.717, 1.165) is 26.9 Å². The zero-order valence-corrected chi connectivity index (χ0v) is 14.2. The number of allylic oxidation sites excluding steroid dienone is 1. The molecule has 0 spiro atoms. The van der Waals surface area contributed by atoms with E-state index in [2.05, 4.69) is 53.8 Å². The van der Waals surface area contributed by atoms with E-state index in [1.165, 1.54) is 0 Å². The van der Waals surface area contributed by atoms with Gasteiger partial charge in [0.15, 0.2) is 0 Å². The van der Waals surface area contributed by atoms with Gasteiger partial charge >= 0.3 is 0 Å². The van der Waals surface area contributed by atoms with E-state index < -0.39 is 8.07 Å². The van der Waals surface area contributed by atoms with Gasteiger partial charge in [0.2, 0.25) is 0 Å². The van der Waals surface area contributed by atoms with Crippen molar-refractivity contribution in [1.82, 2.24) is 0 Å². The first kappa shape index (κ1) is 14.3. The fourth-order valence-corrected chi connectivity index (χ4v) is 3.22. The topological polar surface area (TPSA) is 20.2 Å². The van der Waals surface area contributed by atoms with Crippen LogP contribution in [0.1, 0.15) is 5.56 Å². The number of hydrogen-bond acceptors (Lipinski definition) is 1. The van der Waals surface area contributed by atoms with Crippen LogP contribution in [0.25, 0.3) is 16.8 Å². The molecule has 2 rings (SSSR count). The van der Waals surface area contributed by atoms with Crippen LogP contribution in [-0.2, 0) is 0 Å². The molecule has 3 heteroatoms. The van der Waals surface area contributed by atoms with Gasteiger partial charge in [0.05, 0.1) is 0 Å². The van der Waals surface area contributed by atoms with Gasteiger partial charge in [-0.3, -0.25) is 0 Å². The summed E-state index contributed by atoms with van der Waals surface area (Å²) in [6.45, 7) is 7.03. The molecule has 0 aliphatic heterocycles. The van der Waals surface area contributed by atoms with Crippen LogP contribution < -0.4 is 0 Å². The zero-order chi connectivity index (χ0) is 14.0. The fourth-order valence-electron chi connectivity index (χ4n) is 2.02. The van der Waals surface area contributed by atoms with Gasteiger partial charge in [-0.2, -0.15) is 0 Å². The third-order valence-electron chi connectivity index (χ3n) is 3.02. The van der Waals surface area contributed by atoms with E-state index in [1.807, 2.05) is 18.2 Å². The Balaban J connectivity index is 2.44. The molecule has 0 fully saturated rings. The number of rotatable bonds is 3. The molecule has 1 N–H and O–H groups in total. The van der Waals surface area contributed by atoms with Crippen LogP contribution in [0.4, 0.5) is 0 Å². The molecule has 2 aromatic carbocycles. The third kappa shape index (κ3) is 3.70. The van der Waals surface area contributed by atoms with Gasteiger partial charge in [0.25, 0.3) is 0 Å². The summed E-state index contributed by atoms with van der Waals surface area (Å²) in [5.41, 5.74) is 0.920. The Labute approximate surface area is 124 Å². The fraction of sp³-hybridized carbons (Fsp3) is 0.250. The Kier molecular flexibility index (Phi) is 4.16. The lowest BCUT2D eigenvalue weighted by molar-refractivity contribution is 0.475. The van der Waals surface area contributed by atoms with E-state index in [1.54, 1.807) is 6.07 Å². The van der Waals surface area contributed by atoms with E-state index in [-0.39, 0.29) is 0 Å². The first-order valence-corrected chi connectivity index (χ1v) is 10.9. The minimum absolute atomic E-state index is 0.349. The number of hydrogen-bond donors (Lipinski definition) is 1. The second kappa shape index (κ2) is 5.51. The van der Waals surface area contributed by atoms with Crippen molar-refractivity contribution in [2.75, 3.05) is 0 Å². The molecule has 0 radical (unpaired) electrons. The minimum Gasteiger partial charge on any atom is -0.507 e. The molecule has 0 bridgehead atoms. The van der Waals surface area contributed by atoms with E-state index in [4.69, 9.17) is 0 Å². The standard InChI is InChI=1S/C16H19BrOSi/c1-19(2,3)10-4-5-15-14-8-7-13(17)11-12(14)6-9-16(15)18/h4-9,11,18H,10H2,1-3H3/b5-4-. The van der Waals surface area contributed by atoms with Crippen molar-refractivity contribution in [1.29, 1.82) is 0 Å². The predicted octanol–water partition coefficient (Wildman–Crippen LogP) is 5.66. The summed E-state index contributed by atoms with van der Waals surface area (Å²) in [7, 11) is -1.08. The highest BCUT2D eigenvalue weighted by Gasteiger charge is 2.10. The van der Waals surface area contributed by atoms with Crippen LogP contribution in [-0.4, -0.2) is 13.2 Å². The number of benzene rings is 2. The molecule has 0 aliphatic carbocycles. The predicted molar refractivity (Wildman–Crippen MR) is 90.5 cm³/mol. The molecule has 19 heavy (non-hydrogen) atoms. The van der Waals surface area contributed by atoms with Crippen LogP contribution >= 0.6 is 15.9 Å². The molecule has 0 unspecified atom stereocenters. The van der Waals surface area contributed by atoms with Crippen molar-refractivity contribution in [3.63, 3.8) is 0 Å². The van der Waals surface area contributed by atoms with Crippen molar-refractivity contribution < 1.29 is 5.11 Å². The van der Waals surface area contributed by atoms with E-state index in [0.29, 0.717) is 5.75 Å². The smallest absolute Gasteiger partial charge is 0.123 e. The van der Waals surface area contributed by atoms with Crippen LogP contribution in [0.5, 0.6) is 5.75 Å². The maximum absolute atomic E-state index is 10.1. The normalized spacial score (nSPS) is 12.4. The Morgan fingerprint density at radius 2 is 1.89 bits per heavy atom. The minimum atomic E-state index is -1.08. The Hall–Kier alpha value is -1.06. The van der Waals surface area contributed by atoms with Gasteiger partial charge in [0, 0.05) is 18.1 Å². The first-order chi connectivity index (χ1) is 8.87. The maximum atomic E-state index is 10.1. The molecule has 0 amide bonds. The second-order valence-corrected chi connectivity index (χ2v) is 12.5. The second-order valence-electron chi connectivity index (χ2n) is 6.03. The summed E-state index contributed by atoms with van der Waals surface area (Å²) in [5.74, 6) is 0.349. The van der Waals surface area contributed by atoms with Crippen molar-refractivity contribution in [3.8, 4) is 5.75 Å². The Bertz CT molecular complexity index is 626. The number of fused-ring (bicyclic) bond motifs is 1. The highest BCUT2D eigenvalue weighted by atomic mass is 79.9. The van der Waals surface area contributed by atoms with Crippen molar-refractivity contribution in [3.05, 3.63) is 46.4 Å². The maximum Gasteiger partial charge on any atom is 0.123 e. The monoisotopic (exact) mass is 334 g/mol. The van der Waals surface area contributed by atoms with E-state index in [9.17, 15) is 5.11 Å². The number of halogens is 1. The summed E-state index contributed by atoms with van der Waals surface area (Å²) in [4.78, 5) is 0. The van der Waals surface area contributed by atoms with Gasteiger partial charge in [-0.25, -0.2) is 0 Å². The van der Waals surface area contributed by atoms with Gasteiger partial charge in [0.1, 0.15) is 5.75 Å².